The van der Waals surface area contributed by atoms with Gasteiger partial charge in [0.1, 0.15) is 0 Å². The van der Waals surface area contributed by atoms with Crippen LogP contribution in [-0.4, -0.2) is 26.5 Å². The quantitative estimate of drug-likeness (QED) is 0.513. The van der Waals surface area contributed by atoms with Crippen molar-refractivity contribution in [3.8, 4) is 11.3 Å². The summed E-state index contributed by atoms with van der Waals surface area (Å²) in [6.07, 6.45) is 1.03. The molecule has 146 valence electrons. The largest absolute Gasteiger partial charge is 0.391 e. The number of pyridine rings is 1. The Labute approximate surface area is 173 Å². The molecule has 5 nitrogen and oxygen atoms in total. The van der Waals surface area contributed by atoms with Crippen molar-refractivity contribution in [3.05, 3.63) is 95.4 Å². The molecule has 0 fully saturated rings. The van der Waals surface area contributed by atoms with Crippen LogP contribution < -0.4 is 5.32 Å². The first kappa shape index (κ1) is 19.2. The van der Waals surface area contributed by atoms with Crippen LogP contribution in [0.3, 0.4) is 0 Å². The molecule has 0 aliphatic rings. The molecule has 2 N–H and O–H groups in total. The fourth-order valence-electron chi connectivity index (χ4n) is 3.39. The Balaban J connectivity index is 1.75. The van der Waals surface area contributed by atoms with Crippen LogP contribution in [0.25, 0.3) is 16.8 Å². The summed E-state index contributed by atoms with van der Waals surface area (Å²) in [6, 6.07) is 21.9. The standard InChI is InChI=1S/C23H20ClN3O2/c1-15(28)20(16-8-3-2-4-9-16)26-23(29)22-25-21(17-10-7-11-18(24)14-17)19-12-5-6-13-27(19)22/h2-15,20,28H,1H3,(H,26,29). The highest BCUT2D eigenvalue weighted by Crippen LogP contribution is 2.27. The molecule has 29 heavy (non-hydrogen) atoms. The molecular weight excluding hydrogens is 386 g/mol. The lowest BCUT2D eigenvalue weighted by atomic mass is 10.0. The Morgan fingerprint density at radius 1 is 1.07 bits per heavy atom. The van der Waals surface area contributed by atoms with E-state index in [9.17, 15) is 9.90 Å². The minimum Gasteiger partial charge on any atom is -0.391 e. The molecule has 0 spiro atoms. The number of halogens is 1. The number of carbonyl (C=O) groups is 1. The second-order valence-electron chi connectivity index (χ2n) is 6.85. The molecule has 0 radical (unpaired) electrons. The third-order valence-corrected chi connectivity index (χ3v) is 5.01. The molecule has 6 heteroatoms. The van der Waals surface area contributed by atoms with Gasteiger partial charge in [0.25, 0.3) is 5.91 Å². The van der Waals surface area contributed by atoms with Gasteiger partial charge in [-0.25, -0.2) is 4.98 Å². The number of aromatic nitrogens is 2. The van der Waals surface area contributed by atoms with Gasteiger partial charge in [0.15, 0.2) is 0 Å². The number of amides is 1. The Morgan fingerprint density at radius 2 is 1.83 bits per heavy atom. The summed E-state index contributed by atoms with van der Waals surface area (Å²) in [5.41, 5.74) is 3.13. The maximum absolute atomic E-state index is 13.1. The van der Waals surface area contributed by atoms with Gasteiger partial charge in [-0.2, -0.15) is 0 Å². The van der Waals surface area contributed by atoms with E-state index >= 15 is 0 Å². The molecule has 4 rings (SSSR count). The third kappa shape index (κ3) is 3.88. The Bertz CT molecular complexity index is 1160. The number of nitrogens with one attached hydrogen (secondary N) is 1. The highest BCUT2D eigenvalue weighted by molar-refractivity contribution is 6.30. The van der Waals surface area contributed by atoms with E-state index < -0.39 is 12.1 Å². The van der Waals surface area contributed by atoms with Gasteiger partial charge in [0.2, 0.25) is 5.82 Å². The second kappa shape index (κ2) is 8.07. The molecule has 2 aromatic carbocycles. The van der Waals surface area contributed by atoms with Gasteiger partial charge in [-0.3, -0.25) is 9.20 Å². The lowest BCUT2D eigenvalue weighted by Gasteiger charge is -2.21. The predicted octanol–water partition coefficient (Wildman–Crippen LogP) is 4.51. The normalized spacial score (nSPS) is 13.2. The van der Waals surface area contributed by atoms with E-state index in [1.807, 2.05) is 66.7 Å². The van der Waals surface area contributed by atoms with Gasteiger partial charge >= 0.3 is 0 Å². The van der Waals surface area contributed by atoms with Gasteiger partial charge in [0, 0.05) is 16.8 Å². The molecule has 0 aliphatic heterocycles. The minimum atomic E-state index is -0.764. The van der Waals surface area contributed by atoms with Gasteiger partial charge in [0.05, 0.1) is 23.4 Å². The first-order valence-electron chi connectivity index (χ1n) is 9.31. The lowest BCUT2D eigenvalue weighted by molar-refractivity contribution is 0.0847. The molecule has 2 unspecified atom stereocenters. The molecule has 2 heterocycles. The number of imidazole rings is 1. The topological polar surface area (TPSA) is 66.6 Å². The van der Waals surface area contributed by atoms with E-state index in [2.05, 4.69) is 10.3 Å². The van der Waals surface area contributed by atoms with Gasteiger partial charge in [-0.1, -0.05) is 60.1 Å². The molecule has 1 amide bonds. The SMILES string of the molecule is CC(O)C(NC(=O)c1nc(-c2cccc(Cl)c2)c2ccccn12)c1ccccc1. The summed E-state index contributed by atoms with van der Waals surface area (Å²) < 4.78 is 1.75. The van der Waals surface area contributed by atoms with Crippen molar-refractivity contribution in [2.45, 2.75) is 19.1 Å². The predicted molar refractivity (Wildman–Crippen MR) is 114 cm³/mol. The van der Waals surface area contributed by atoms with Crippen LogP contribution in [0.5, 0.6) is 0 Å². The van der Waals surface area contributed by atoms with Gasteiger partial charge < -0.3 is 10.4 Å². The number of rotatable bonds is 5. The third-order valence-electron chi connectivity index (χ3n) is 4.78. The fraction of sp³-hybridized carbons (Fsp3) is 0.130. The monoisotopic (exact) mass is 405 g/mol. The van der Waals surface area contributed by atoms with Crippen LogP contribution in [0.1, 0.15) is 29.1 Å². The summed E-state index contributed by atoms with van der Waals surface area (Å²) >= 11 is 6.15. The average Bonchev–Trinajstić information content (AvgIpc) is 3.12. The van der Waals surface area contributed by atoms with E-state index in [0.717, 1.165) is 16.6 Å². The van der Waals surface area contributed by atoms with E-state index in [-0.39, 0.29) is 11.7 Å². The Kier molecular flexibility index (Phi) is 5.34. The number of carbonyl (C=O) groups excluding carboxylic acids is 1. The molecule has 2 atom stereocenters. The highest BCUT2D eigenvalue weighted by Gasteiger charge is 2.24. The van der Waals surface area contributed by atoms with E-state index in [1.165, 1.54) is 0 Å². The van der Waals surface area contributed by atoms with Crippen molar-refractivity contribution in [2.75, 3.05) is 0 Å². The first-order valence-corrected chi connectivity index (χ1v) is 9.69. The van der Waals surface area contributed by atoms with Crippen LogP contribution in [0.2, 0.25) is 5.02 Å². The number of aliphatic hydroxyl groups excluding tert-OH is 1. The summed E-state index contributed by atoms with van der Waals surface area (Å²) in [5.74, 6) is -0.119. The number of hydrogen-bond acceptors (Lipinski definition) is 3. The summed E-state index contributed by atoms with van der Waals surface area (Å²) in [4.78, 5) is 17.7. The summed E-state index contributed by atoms with van der Waals surface area (Å²) in [7, 11) is 0. The molecule has 2 aromatic heterocycles. The smallest absolute Gasteiger partial charge is 0.288 e. The number of hydrogen-bond donors (Lipinski definition) is 2. The van der Waals surface area contributed by atoms with Crippen molar-refractivity contribution < 1.29 is 9.90 Å². The number of aliphatic hydroxyl groups is 1. The van der Waals surface area contributed by atoms with Crippen molar-refractivity contribution in [3.63, 3.8) is 0 Å². The van der Waals surface area contributed by atoms with Crippen LogP contribution in [-0.2, 0) is 0 Å². The van der Waals surface area contributed by atoms with Crippen molar-refractivity contribution in [2.24, 2.45) is 0 Å². The van der Waals surface area contributed by atoms with Gasteiger partial charge in [-0.15, -0.1) is 0 Å². The van der Waals surface area contributed by atoms with Crippen molar-refractivity contribution >= 4 is 23.0 Å². The van der Waals surface area contributed by atoms with E-state index in [1.54, 1.807) is 23.6 Å². The summed E-state index contributed by atoms with van der Waals surface area (Å²) in [5, 5.41) is 13.8. The van der Waals surface area contributed by atoms with Crippen molar-refractivity contribution in [1.29, 1.82) is 0 Å². The lowest BCUT2D eigenvalue weighted by Crippen LogP contribution is -2.36. The second-order valence-corrected chi connectivity index (χ2v) is 7.29. The fourth-order valence-corrected chi connectivity index (χ4v) is 3.59. The van der Waals surface area contributed by atoms with Gasteiger partial charge in [-0.05, 0) is 36.8 Å². The minimum absolute atomic E-state index is 0.247. The molecule has 4 aromatic rings. The Hall–Kier alpha value is -3.15. The number of fused-ring (bicyclic) bond motifs is 1. The average molecular weight is 406 g/mol. The van der Waals surface area contributed by atoms with E-state index in [0.29, 0.717) is 10.7 Å². The first-order chi connectivity index (χ1) is 14.0. The number of nitrogens with zero attached hydrogens (tertiary/aromatic N) is 2. The maximum Gasteiger partial charge on any atom is 0.288 e. The molecule has 0 bridgehead atoms. The van der Waals surface area contributed by atoms with E-state index in [4.69, 9.17) is 11.6 Å². The van der Waals surface area contributed by atoms with Crippen LogP contribution in [0.15, 0.2) is 79.0 Å². The summed E-state index contributed by atoms with van der Waals surface area (Å²) in [6.45, 7) is 1.65. The maximum atomic E-state index is 13.1. The van der Waals surface area contributed by atoms with Crippen molar-refractivity contribution in [1.82, 2.24) is 14.7 Å². The zero-order valence-electron chi connectivity index (χ0n) is 15.8. The van der Waals surface area contributed by atoms with Crippen LogP contribution >= 0.6 is 11.6 Å². The molecule has 0 saturated carbocycles. The Morgan fingerprint density at radius 3 is 2.55 bits per heavy atom. The molecular formula is C23H20ClN3O2. The molecule has 0 aliphatic carbocycles. The zero-order chi connectivity index (χ0) is 20.4. The highest BCUT2D eigenvalue weighted by atomic mass is 35.5. The van der Waals surface area contributed by atoms with Crippen LogP contribution in [0, 0.1) is 0 Å². The van der Waals surface area contributed by atoms with Crippen LogP contribution in [0.4, 0.5) is 0 Å². The number of benzene rings is 2. The zero-order valence-corrected chi connectivity index (χ0v) is 16.5. The molecule has 0 saturated heterocycles.